The van der Waals surface area contributed by atoms with E-state index in [9.17, 15) is 0 Å². The summed E-state index contributed by atoms with van der Waals surface area (Å²) in [7, 11) is 0. The fourth-order valence-corrected chi connectivity index (χ4v) is 1.81. The van der Waals surface area contributed by atoms with E-state index in [1.807, 2.05) is 19.1 Å². The topological polar surface area (TPSA) is 35.2 Å². The normalized spacial score (nSPS) is 12.4. The molecule has 1 unspecified atom stereocenters. The van der Waals surface area contributed by atoms with Crippen molar-refractivity contribution in [2.24, 2.45) is 5.73 Å². The van der Waals surface area contributed by atoms with Gasteiger partial charge < -0.3 is 10.5 Å². The molecule has 0 fully saturated rings. The summed E-state index contributed by atoms with van der Waals surface area (Å²) in [5.74, 6) is 0.968. The van der Waals surface area contributed by atoms with Gasteiger partial charge in [0, 0.05) is 6.04 Å². The molecule has 2 heteroatoms. The maximum Gasteiger partial charge on any atom is 0.119 e. The molecule has 0 aliphatic rings. The minimum Gasteiger partial charge on any atom is -0.494 e. The summed E-state index contributed by atoms with van der Waals surface area (Å²) in [6.45, 7) is 5.07. The Bertz CT molecular complexity index is 292. The van der Waals surface area contributed by atoms with Crippen molar-refractivity contribution in [3.05, 3.63) is 29.8 Å². The smallest absolute Gasteiger partial charge is 0.119 e. The van der Waals surface area contributed by atoms with E-state index in [1.54, 1.807) is 0 Å². The summed E-state index contributed by atoms with van der Waals surface area (Å²) < 4.78 is 5.68. The van der Waals surface area contributed by atoms with Gasteiger partial charge in [-0.1, -0.05) is 38.3 Å². The van der Waals surface area contributed by atoms with Crippen molar-refractivity contribution in [3.8, 4) is 5.75 Å². The monoisotopic (exact) mass is 235 g/mol. The second kappa shape index (κ2) is 8.13. The molecule has 0 radical (unpaired) electrons. The second-order valence-corrected chi connectivity index (χ2v) is 4.73. The highest BCUT2D eigenvalue weighted by atomic mass is 16.5. The van der Waals surface area contributed by atoms with Crippen LogP contribution in [0.2, 0.25) is 0 Å². The third kappa shape index (κ3) is 6.32. The molecule has 0 aromatic heterocycles. The summed E-state index contributed by atoms with van der Waals surface area (Å²) in [6.07, 6.45) is 5.91. The van der Waals surface area contributed by atoms with Gasteiger partial charge in [-0.05, 0) is 37.5 Å². The van der Waals surface area contributed by atoms with Gasteiger partial charge in [0.15, 0.2) is 0 Å². The summed E-state index contributed by atoms with van der Waals surface area (Å²) in [4.78, 5) is 0. The van der Waals surface area contributed by atoms with Crippen LogP contribution in [-0.2, 0) is 6.42 Å². The first-order valence-electron chi connectivity index (χ1n) is 6.69. The van der Waals surface area contributed by atoms with Crippen LogP contribution in [0.15, 0.2) is 24.3 Å². The van der Waals surface area contributed by atoms with Crippen molar-refractivity contribution in [3.63, 3.8) is 0 Å². The highest BCUT2D eigenvalue weighted by Crippen LogP contribution is 2.13. The molecule has 0 bridgehead atoms. The largest absolute Gasteiger partial charge is 0.494 e. The summed E-state index contributed by atoms with van der Waals surface area (Å²) >= 11 is 0. The number of hydrogen-bond acceptors (Lipinski definition) is 2. The molecule has 2 nitrogen and oxygen atoms in total. The van der Waals surface area contributed by atoms with Crippen molar-refractivity contribution in [2.45, 2.75) is 52.0 Å². The first kappa shape index (κ1) is 14.0. The number of unbranched alkanes of at least 4 members (excludes halogenated alkanes) is 3. The molecule has 0 heterocycles. The van der Waals surface area contributed by atoms with Gasteiger partial charge in [0.2, 0.25) is 0 Å². The molecule has 0 aliphatic heterocycles. The molecule has 96 valence electrons. The number of benzene rings is 1. The van der Waals surface area contributed by atoms with Crippen LogP contribution in [-0.4, -0.2) is 12.6 Å². The number of nitrogens with two attached hydrogens (primary N) is 1. The minimum atomic E-state index is 0.218. The lowest BCUT2D eigenvalue weighted by atomic mass is 10.1. The number of hydrogen-bond donors (Lipinski definition) is 1. The molecule has 0 spiro atoms. The molecule has 1 aromatic rings. The first-order valence-corrected chi connectivity index (χ1v) is 6.69. The van der Waals surface area contributed by atoms with Crippen LogP contribution < -0.4 is 10.5 Å². The fraction of sp³-hybridized carbons (Fsp3) is 0.600. The van der Waals surface area contributed by atoms with E-state index in [1.165, 1.54) is 24.8 Å². The van der Waals surface area contributed by atoms with Crippen molar-refractivity contribution in [1.82, 2.24) is 0 Å². The Morgan fingerprint density at radius 3 is 2.41 bits per heavy atom. The van der Waals surface area contributed by atoms with Gasteiger partial charge in [0.05, 0.1) is 6.61 Å². The average Bonchev–Trinajstić information content (AvgIpc) is 2.30. The molecule has 2 N–H and O–H groups in total. The first-order chi connectivity index (χ1) is 8.22. The summed E-state index contributed by atoms with van der Waals surface area (Å²) in [5, 5.41) is 0. The van der Waals surface area contributed by atoms with Crippen LogP contribution >= 0.6 is 0 Å². The van der Waals surface area contributed by atoms with Gasteiger partial charge in [0.25, 0.3) is 0 Å². The maximum atomic E-state index is 5.76. The average molecular weight is 235 g/mol. The Morgan fingerprint density at radius 2 is 1.82 bits per heavy atom. The van der Waals surface area contributed by atoms with Crippen LogP contribution in [0.3, 0.4) is 0 Å². The molecule has 0 saturated heterocycles. The van der Waals surface area contributed by atoms with Crippen LogP contribution in [0.1, 0.15) is 45.1 Å². The van der Waals surface area contributed by atoms with Crippen molar-refractivity contribution < 1.29 is 4.74 Å². The number of rotatable bonds is 8. The Balaban J connectivity index is 2.25. The van der Waals surface area contributed by atoms with E-state index in [0.29, 0.717) is 0 Å². The standard InChI is InChI=1S/C15H25NO/c1-3-4-5-6-11-17-15-9-7-14(8-10-15)12-13(2)16/h7-10,13H,3-6,11-12,16H2,1-2H3. The zero-order chi connectivity index (χ0) is 12.5. The van der Waals surface area contributed by atoms with Crippen LogP contribution in [0.5, 0.6) is 5.75 Å². The molecule has 0 saturated carbocycles. The zero-order valence-corrected chi connectivity index (χ0v) is 11.1. The Labute approximate surface area is 105 Å². The van der Waals surface area contributed by atoms with E-state index >= 15 is 0 Å². The Hall–Kier alpha value is -1.02. The van der Waals surface area contributed by atoms with Crippen LogP contribution in [0, 0.1) is 0 Å². The summed E-state index contributed by atoms with van der Waals surface area (Å²) in [6, 6.07) is 8.50. The summed E-state index contributed by atoms with van der Waals surface area (Å²) in [5.41, 5.74) is 7.03. The molecule has 17 heavy (non-hydrogen) atoms. The molecule has 1 rings (SSSR count). The quantitative estimate of drug-likeness (QED) is 0.699. The van der Waals surface area contributed by atoms with E-state index in [2.05, 4.69) is 19.1 Å². The van der Waals surface area contributed by atoms with E-state index in [-0.39, 0.29) is 6.04 Å². The Morgan fingerprint density at radius 1 is 1.12 bits per heavy atom. The van der Waals surface area contributed by atoms with Gasteiger partial charge in [-0.3, -0.25) is 0 Å². The second-order valence-electron chi connectivity index (χ2n) is 4.73. The predicted molar refractivity (Wildman–Crippen MR) is 73.4 cm³/mol. The van der Waals surface area contributed by atoms with Gasteiger partial charge in [-0.25, -0.2) is 0 Å². The molecular formula is C15H25NO. The van der Waals surface area contributed by atoms with Gasteiger partial charge in [-0.2, -0.15) is 0 Å². The third-order valence-corrected chi connectivity index (χ3v) is 2.75. The third-order valence-electron chi connectivity index (χ3n) is 2.75. The van der Waals surface area contributed by atoms with Gasteiger partial charge in [0.1, 0.15) is 5.75 Å². The predicted octanol–water partition coefficient (Wildman–Crippen LogP) is 3.54. The maximum absolute atomic E-state index is 5.76. The molecule has 0 amide bonds. The lowest BCUT2D eigenvalue weighted by molar-refractivity contribution is 0.305. The molecule has 1 atom stereocenters. The van der Waals surface area contributed by atoms with Gasteiger partial charge >= 0.3 is 0 Å². The van der Waals surface area contributed by atoms with E-state index in [0.717, 1.165) is 25.2 Å². The highest BCUT2D eigenvalue weighted by molar-refractivity contribution is 5.27. The van der Waals surface area contributed by atoms with E-state index in [4.69, 9.17) is 10.5 Å². The Kier molecular flexibility index (Phi) is 6.71. The molecule has 1 aromatic carbocycles. The lowest BCUT2D eigenvalue weighted by Gasteiger charge is -2.08. The SMILES string of the molecule is CCCCCCOc1ccc(CC(C)N)cc1. The fourth-order valence-electron chi connectivity index (χ4n) is 1.81. The van der Waals surface area contributed by atoms with Crippen LogP contribution in [0.25, 0.3) is 0 Å². The van der Waals surface area contributed by atoms with Crippen molar-refractivity contribution in [1.29, 1.82) is 0 Å². The number of ether oxygens (including phenoxy) is 1. The van der Waals surface area contributed by atoms with Crippen molar-refractivity contribution >= 4 is 0 Å². The lowest BCUT2D eigenvalue weighted by Crippen LogP contribution is -2.17. The van der Waals surface area contributed by atoms with Crippen molar-refractivity contribution in [2.75, 3.05) is 6.61 Å². The highest BCUT2D eigenvalue weighted by Gasteiger charge is 1.98. The minimum absolute atomic E-state index is 0.218. The molecule has 0 aliphatic carbocycles. The van der Waals surface area contributed by atoms with E-state index < -0.39 is 0 Å². The van der Waals surface area contributed by atoms with Crippen LogP contribution in [0.4, 0.5) is 0 Å². The van der Waals surface area contributed by atoms with Gasteiger partial charge in [-0.15, -0.1) is 0 Å². The zero-order valence-electron chi connectivity index (χ0n) is 11.1. The molecular weight excluding hydrogens is 210 g/mol.